The Balaban J connectivity index is 2.37. The predicted molar refractivity (Wildman–Crippen MR) is 103 cm³/mol. The summed E-state index contributed by atoms with van der Waals surface area (Å²) in [6.07, 6.45) is 1.34. The van der Waals surface area contributed by atoms with Crippen LogP contribution >= 0.6 is 0 Å². The van der Waals surface area contributed by atoms with Crippen LogP contribution in [-0.4, -0.2) is 38.6 Å². The minimum atomic E-state index is -1.04. The van der Waals surface area contributed by atoms with Gasteiger partial charge in [-0.1, -0.05) is 25.1 Å². The first-order valence-electron chi connectivity index (χ1n) is 9.19. The van der Waals surface area contributed by atoms with Gasteiger partial charge in [-0.25, -0.2) is 4.39 Å². The Morgan fingerprint density at radius 1 is 1.08 bits per heavy atom. The second-order valence-electron chi connectivity index (χ2n) is 7.48. The minimum absolute atomic E-state index is 0.413. The zero-order valence-electron chi connectivity index (χ0n) is 16.7. The fourth-order valence-corrected chi connectivity index (χ4v) is 2.79. The molecular formula is C20H30BFO4. The van der Waals surface area contributed by atoms with E-state index in [1.54, 1.807) is 7.11 Å². The van der Waals surface area contributed by atoms with Crippen LogP contribution in [0.3, 0.4) is 0 Å². The van der Waals surface area contributed by atoms with E-state index in [4.69, 9.17) is 18.8 Å². The fraction of sp³-hybridized carbons (Fsp3) is 0.600. The number of methoxy groups -OCH3 is 1. The summed E-state index contributed by atoms with van der Waals surface area (Å²) in [5, 5.41) is 0. The highest BCUT2D eigenvalue weighted by molar-refractivity contribution is 6.55. The van der Waals surface area contributed by atoms with Crippen molar-refractivity contribution in [3.63, 3.8) is 0 Å². The van der Waals surface area contributed by atoms with Crippen LogP contribution in [0.4, 0.5) is 4.39 Å². The number of hydrogen-bond donors (Lipinski definition) is 0. The van der Waals surface area contributed by atoms with E-state index < -0.39 is 24.0 Å². The fourth-order valence-electron chi connectivity index (χ4n) is 2.79. The highest BCUT2D eigenvalue weighted by Crippen LogP contribution is 2.41. The number of halogens is 1. The summed E-state index contributed by atoms with van der Waals surface area (Å²) in [5.74, 6) is 0.615. The van der Waals surface area contributed by atoms with Crippen LogP contribution in [-0.2, 0) is 14.0 Å². The average Bonchev–Trinajstić information content (AvgIpc) is 2.82. The molecule has 0 radical (unpaired) electrons. The van der Waals surface area contributed by atoms with Gasteiger partial charge in [0, 0.05) is 12.2 Å². The van der Waals surface area contributed by atoms with Gasteiger partial charge < -0.3 is 18.8 Å². The Morgan fingerprint density at radius 3 is 2.27 bits per heavy atom. The zero-order valence-corrected chi connectivity index (χ0v) is 16.7. The molecular weight excluding hydrogens is 334 g/mol. The van der Waals surface area contributed by atoms with Gasteiger partial charge in [0.15, 0.2) is 0 Å². The third-order valence-electron chi connectivity index (χ3n) is 5.03. The maximum Gasteiger partial charge on any atom is 0.525 e. The molecule has 0 N–H and O–H groups in total. The molecule has 1 aromatic rings. The third kappa shape index (κ3) is 4.48. The number of ether oxygens (including phenoxy) is 2. The molecule has 1 heterocycles. The van der Waals surface area contributed by atoms with Gasteiger partial charge in [0.25, 0.3) is 0 Å². The average molecular weight is 364 g/mol. The lowest BCUT2D eigenvalue weighted by molar-refractivity contribution is 0.00578. The molecule has 0 unspecified atom stereocenters. The van der Waals surface area contributed by atoms with Crippen molar-refractivity contribution >= 4 is 12.7 Å². The molecule has 4 nitrogen and oxygen atoms in total. The molecule has 6 heteroatoms. The van der Waals surface area contributed by atoms with Crippen LogP contribution in [0.2, 0.25) is 0 Å². The summed E-state index contributed by atoms with van der Waals surface area (Å²) < 4.78 is 38.3. The molecule has 1 aliphatic rings. The molecule has 0 saturated carbocycles. The van der Waals surface area contributed by atoms with Crippen LogP contribution < -0.4 is 4.74 Å². The second kappa shape index (κ2) is 8.55. The summed E-state index contributed by atoms with van der Waals surface area (Å²) in [5.41, 5.74) is -0.424. The van der Waals surface area contributed by atoms with E-state index in [2.05, 4.69) is 0 Å². The lowest BCUT2D eigenvalue weighted by Gasteiger charge is -2.32. The lowest BCUT2D eigenvalue weighted by Crippen LogP contribution is -2.41. The molecule has 0 amide bonds. The van der Waals surface area contributed by atoms with E-state index in [1.165, 1.54) is 0 Å². The molecule has 0 atom stereocenters. The minimum Gasteiger partial charge on any atom is -0.496 e. The SMILES string of the molecule is CCCOCCC(=C(F)B1OC(C)(C)C(C)(C)O1)c1ccccc1OC. The van der Waals surface area contributed by atoms with E-state index in [1.807, 2.05) is 58.9 Å². The monoisotopic (exact) mass is 364 g/mol. The molecule has 0 bridgehead atoms. The number of hydrogen-bond acceptors (Lipinski definition) is 4. The summed E-state index contributed by atoms with van der Waals surface area (Å²) in [6, 6.07) is 7.39. The van der Waals surface area contributed by atoms with Crippen molar-refractivity contribution in [1.29, 1.82) is 0 Å². The normalized spacial score (nSPS) is 19.4. The first-order chi connectivity index (χ1) is 12.2. The molecule has 144 valence electrons. The number of rotatable bonds is 8. The highest BCUT2D eigenvalue weighted by Gasteiger charge is 2.53. The van der Waals surface area contributed by atoms with Gasteiger partial charge in [-0.15, -0.1) is 0 Å². The van der Waals surface area contributed by atoms with Crippen LogP contribution in [0.15, 0.2) is 30.0 Å². The molecule has 26 heavy (non-hydrogen) atoms. The first-order valence-corrected chi connectivity index (χ1v) is 9.19. The van der Waals surface area contributed by atoms with E-state index >= 15 is 4.39 Å². The molecule has 1 aromatic carbocycles. The topological polar surface area (TPSA) is 36.9 Å². The van der Waals surface area contributed by atoms with Crippen molar-refractivity contribution < 1.29 is 23.2 Å². The third-order valence-corrected chi connectivity index (χ3v) is 5.03. The molecule has 0 aromatic heterocycles. The molecule has 2 rings (SSSR count). The van der Waals surface area contributed by atoms with Gasteiger partial charge in [-0.2, -0.15) is 0 Å². The Bertz CT molecular complexity index is 626. The van der Waals surface area contributed by atoms with Gasteiger partial charge in [0.05, 0.1) is 24.9 Å². The summed E-state index contributed by atoms with van der Waals surface area (Å²) in [7, 11) is 0.544. The zero-order chi connectivity index (χ0) is 19.4. The van der Waals surface area contributed by atoms with E-state index in [0.717, 1.165) is 6.42 Å². The van der Waals surface area contributed by atoms with Gasteiger partial charge in [-0.3, -0.25) is 0 Å². The molecule has 1 saturated heterocycles. The van der Waals surface area contributed by atoms with Crippen molar-refractivity contribution in [3.05, 3.63) is 35.6 Å². The second-order valence-corrected chi connectivity index (χ2v) is 7.48. The van der Waals surface area contributed by atoms with Gasteiger partial charge >= 0.3 is 7.12 Å². The summed E-state index contributed by atoms with van der Waals surface area (Å²) in [4.78, 5) is 0. The standard InChI is InChI=1S/C20H30BFO4/c1-7-13-24-14-12-16(15-10-8-9-11-17(15)23-6)18(22)21-25-19(2,3)20(4,5)26-21/h8-11H,7,12-14H2,1-6H3. The van der Waals surface area contributed by atoms with E-state index in [-0.39, 0.29) is 0 Å². The molecule has 1 aliphatic heterocycles. The van der Waals surface area contributed by atoms with Crippen LogP contribution in [0.1, 0.15) is 53.0 Å². The summed E-state index contributed by atoms with van der Waals surface area (Å²) >= 11 is 0. The predicted octanol–water partition coefficient (Wildman–Crippen LogP) is 4.82. The van der Waals surface area contributed by atoms with Crippen LogP contribution in [0.25, 0.3) is 5.57 Å². The Morgan fingerprint density at radius 2 is 1.69 bits per heavy atom. The quantitative estimate of drug-likeness (QED) is 0.489. The van der Waals surface area contributed by atoms with Gasteiger partial charge in [0.2, 0.25) is 0 Å². The smallest absolute Gasteiger partial charge is 0.496 e. The van der Waals surface area contributed by atoms with Crippen LogP contribution in [0, 0.1) is 0 Å². The Labute approximate surface area is 156 Å². The Hall–Kier alpha value is -1.37. The van der Waals surface area contributed by atoms with Crippen LogP contribution in [0.5, 0.6) is 5.75 Å². The number of para-hydroxylation sites is 1. The van der Waals surface area contributed by atoms with Gasteiger partial charge in [-0.05, 0) is 52.2 Å². The summed E-state index contributed by atoms with van der Waals surface area (Å²) in [6.45, 7) is 10.8. The van der Waals surface area contributed by atoms with Crippen molar-refractivity contribution in [2.45, 2.75) is 58.7 Å². The maximum atomic E-state index is 15.5. The first kappa shape index (κ1) is 20.9. The van der Waals surface area contributed by atoms with E-state index in [0.29, 0.717) is 36.5 Å². The van der Waals surface area contributed by atoms with E-state index in [9.17, 15) is 0 Å². The largest absolute Gasteiger partial charge is 0.525 e. The van der Waals surface area contributed by atoms with Crippen molar-refractivity contribution in [2.24, 2.45) is 0 Å². The van der Waals surface area contributed by atoms with Crippen molar-refractivity contribution in [3.8, 4) is 5.75 Å². The maximum absolute atomic E-state index is 15.5. The Kier molecular flexibility index (Phi) is 6.89. The lowest BCUT2D eigenvalue weighted by atomic mass is 9.81. The van der Waals surface area contributed by atoms with Crippen molar-refractivity contribution in [2.75, 3.05) is 20.3 Å². The number of benzene rings is 1. The highest BCUT2D eigenvalue weighted by atomic mass is 19.1. The van der Waals surface area contributed by atoms with Gasteiger partial charge in [0.1, 0.15) is 11.5 Å². The van der Waals surface area contributed by atoms with Crippen molar-refractivity contribution in [1.82, 2.24) is 0 Å². The molecule has 0 spiro atoms. The molecule has 1 fully saturated rings. The molecule has 0 aliphatic carbocycles.